The number of nitrogens with one attached hydrogen (secondary N) is 1. The summed E-state index contributed by atoms with van der Waals surface area (Å²) in [5.74, 6) is 0. The fraction of sp³-hybridized carbons (Fsp3) is 0.625. The fourth-order valence-electron chi connectivity index (χ4n) is 2.92. The molecular weight excluding hydrogens is 274 g/mol. The molecule has 3 heteroatoms. The summed E-state index contributed by atoms with van der Waals surface area (Å²) < 4.78 is 0. The van der Waals surface area contributed by atoms with Crippen LogP contribution in [0.2, 0.25) is 5.02 Å². The molecule has 1 nitrogen and oxygen atoms in total. The van der Waals surface area contributed by atoms with E-state index in [9.17, 15) is 0 Å². The van der Waals surface area contributed by atoms with Gasteiger partial charge in [-0.15, -0.1) is 0 Å². The van der Waals surface area contributed by atoms with Gasteiger partial charge in [-0.3, -0.25) is 0 Å². The minimum Gasteiger partial charge on any atom is -0.307 e. The zero-order valence-electron chi connectivity index (χ0n) is 11.9. The molecule has 1 unspecified atom stereocenters. The summed E-state index contributed by atoms with van der Waals surface area (Å²) in [6.07, 6.45) is 8.67. The Morgan fingerprint density at radius 2 is 2.05 bits per heavy atom. The number of benzene rings is 1. The van der Waals surface area contributed by atoms with Crippen molar-refractivity contribution < 1.29 is 0 Å². The van der Waals surface area contributed by atoms with Crippen molar-refractivity contribution in [3.05, 3.63) is 34.9 Å². The summed E-state index contributed by atoms with van der Waals surface area (Å²) in [6, 6.07) is 9.38. The third-order valence-corrected chi connectivity index (χ3v) is 5.48. The van der Waals surface area contributed by atoms with Gasteiger partial charge in [-0.2, -0.15) is 11.8 Å². The molecule has 0 aliphatic heterocycles. The molecule has 0 heterocycles. The van der Waals surface area contributed by atoms with Crippen LogP contribution in [0.25, 0.3) is 0 Å². The molecule has 1 fully saturated rings. The summed E-state index contributed by atoms with van der Waals surface area (Å²) in [5, 5.41) is 5.54. The van der Waals surface area contributed by atoms with E-state index in [1.807, 2.05) is 23.9 Å². The number of halogens is 1. The van der Waals surface area contributed by atoms with Crippen LogP contribution in [0.3, 0.4) is 0 Å². The van der Waals surface area contributed by atoms with Gasteiger partial charge in [0.2, 0.25) is 0 Å². The van der Waals surface area contributed by atoms with E-state index in [-0.39, 0.29) is 0 Å². The Kier molecular flexibility index (Phi) is 6.06. The first-order valence-electron chi connectivity index (χ1n) is 7.27. The molecule has 2 rings (SSSR count). The van der Waals surface area contributed by atoms with E-state index in [4.69, 9.17) is 11.6 Å². The van der Waals surface area contributed by atoms with E-state index in [0.29, 0.717) is 12.1 Å². The topological polar surface area (TPSA) is 12.0 Å². The molecule has 1 saturated carbocycles. The van der Waals surface area contributed by atoms with E-state index in [1.54, 1.807) is 0 Å². The molecule has 0 amide bonds. The number of thioether (sulfide) groups is 1. The van der Waals surface area contributed by atoms with E-state index in [2.05, 4.69) is 30.6 Å². The van der Waals surface area contributed by atoms with Crippen LogP contribution in [0, 0.1) is 0 Å². The lowest BCUT2D eigenvalue weighted by Gasteiger charge is -2.31. The van der Waals surface area contributed by atoms with Gasteiger partial charge >= 0.3 is 0 Å². The number of hydrogen-bond acceptors (Lipinski definition) is 2. The molecule has 106 valence electrons. The van der Waals surface area contributed by atoms with Crippen LogP contribution in [-0.4, -0.2) is 17.5 Å². The Hall–Kier alpha value is -0.180. The first-order valence-corrected chi connectivity index (χ1v) is 8.93. The minimum atomic E-state index is 0.439. The van der Waals surface area contributed by atoms with E-state index in [1.165, 1.54) is 31.2 Å². The summed E-state index contributed by atoms with van der Waals surface area (Å²) in [4.78, 5) is 0. The lowest BCUT2D eigenvalue weighted by Crippen LogP contribution is -2.36. The highest BCUT2D eigenvalue weighted by Crippen LogP contribution is 2.29. The fourth-order valence-corrected chi connectivity index (χ4v) is 3.87. The molecule has 1 aromatic rings. The predicted octanol–water partition coefficient (Wildman–Crippen LogP) is 5.05. The van der Waals surface area contributed by atoms with Gasteiger partial charge < -0.3 is 5.32 Å². The highest BCUT2D eigenvalue weighted by Gasteiger charge is 2.22. The molecule has 0 saturated heterocycles. The number of hydrogen-bond donors (Lipinski definition) is 1. The standard InChI is InChI=1S/C16H24ClNS/c1-3-16(12-5-4-6-13(17)11-12)18-14-7-9-15(19-2)10-8-14/h4-6,11,14-16,18H,3,7-10H2,1-2H3. The SMILES string of the molecule is CCC(NC1CCC(SC)CC1)c1cccc(Cl)c1. The maximum atomic E-state index is 6.10. The van der Waals surface area contributed by atoms with Gasteiger partial charge in [-0.05, 0) is 56.1 Å². The van der Waals surface area contributed by atoms with Crippen molar-refractivity contribution in [1.82, 2.24) is 5.32 Å². The molecule has 1 aromatic carbocycles. The zero-order valence-corrected chi connectivity index (χ0v) is 13.4. The second kappa shape index (κ2) is 7.56. The van der Waals surface area contributed by atoms with Crippen LogP contribution in [-0.2, 0) is 0 Å². The molecule has 0 radical (unpaired) electrons. The van der Waals surface area contributed by atoms with Gasteiger partial charge in [0.05, 0.1) is 0 Å². The zero-order chi connectivity index (χ0) is 13.7. The normalized spacial score (nSPS) is 25.2. The van der Waals surface area contributed by atoms with Gasteiger partial charge in [0.25, 0.3) is 0 Å². The first kappa shape index (κ1) is 15.2. The van der Waals surface area contributed by atoms with Crippen molar-refractivity contribution in [2.45, 2.75) is 56.4 Å². The smallest absolute Gasteiger partial charge is 0.0409 e. The van der Waals surface area contributed by atoms with Gasteiger partial charge in [0.15, 0.2) is 0 Å². The Morgan fingerprint density at radius 3 is 2.63 bits per heavy atom. The third-order valence-electron chi connectivity index (χ3n) is 4.10. The molecule has 1 N–H and O–H groups in total. The third kappa shape index (κ3) is 4.40. The maximum absolute atomic E-state index is 6.10. The molecule has 1 aliphatic rings. The van der Waals surface area contributed by atoms with Crippen LogP contribution in [0.15, 0.2) is 24.3 Å². The minimum absolute atomic E-state index is 0.439. The largest absolute Gasteiger partial charge is 0.307 e. The summed E-state index contributed by atoms with van der Waals surface area (Å²) >= 11 is 8.12. The van der Waals surface area contributed by atoms with E-state index < -0.39 is 0 Å². The van der Waals surface area contributed by atoms with Crippen LogP contribution >= 0.6 is 23.4 Å². The van der Waals surface area contributed by atoms with Crippen molar-refractivity contribution in [2.24, 2.45) is 0 Å². The Morgan fingerprint density at radius 1 is 1.32 bits per heavy atom. The summed E-state index contributed by atoms with van der Waals surface area (Å²) in [6.45, 7) is 2.24. The second-order valence-corrected chi connectivity index (χ2v) is 6.97. The first-order chi connectivity index (χ1) is 9.22. The highest BCUT2D eigenvalue weighted by molar-refractivity contribution is 7.99. The highest BCUT2D eigenvalue weighted by atomic mass is 35.5. The Bertz CT molecular complexity index is 388. The maximum Gasteiger partial charge on any atom is 0.0409 e. The van der Waals surface area contributed by atoms with Gasteiger partial charge in [-0.25, -0.2) is 0 Å². The van der Waals surface area contributed by atoms with Crippen molar-refractivity contribution in [3.63, 3.8) is 0 Å². The van der Waals surface area contributed by atoms with Gasteiger partial charge in [-0.1, -0.05) is 30.7 Å². The monoisotopic (exact) mass is 297 g/mol. The molecule has 0 spiro atoms. The Labute approximate surface area is 126 Å². The molecule has 1 atom stereocenters. The lowest BCUT2D eigenvalue weighted by atomic mass is 9.93. The van der Waals surface area contributed by atoms with Crippen LogP contribution in [0.1, 0.15) is 50.6 Å². The number of rotatable bonds is 5. The van der Waals surface area contributed by atoms with Crippen molar-refractivity contribution in [2.75, 3.05) is 6.26 Å². The van der Waals surface area contributed by atoms with E-state index >= 15 is 0 Å². The van der Waals surface area contributed by atoms with Gasteiger partial charge in [0.1, 0.15) is 0 Å². The van der Waals surface area contributed by atoms with Crippen LogP contribution in [0.4, 0.5) is 0 Å². The van der Waals surface area contributed by atoms with Crippen molar-refractivity contribution in [3.8, 4) is 0 Å². The second-order valence-electron chi connectivity index (χ2n) is 5.39. The average molecular weight is 298 g/mol. The van der Waals surface area contributed by atoms with Crippen LogP contribution < -0.4 is 5.32 Å². The molecule has 1 aliphatic carbocycles. The quantitative estimate of drug-likeness (QED) is 0.816. The molecule has 0 bridgehead atoms. The average Bonchev–Trinajstić information content (AvgIpc) is 2.45. The molecule has 19 heavy (non-hydrogen) atoms. The van der Waals surface area contributed by atoms with Crippen LogP contribution in [0.5, 0.6) is 0 Å². The Balaban J connectivity index is 1.93. The van der Waals surface area contributed by atoms with Gasteiger partial charge in [0, 0.05) is 22.4 Å². The summed E-state index contributed by atoms with van der Waals surface area (Å²) in [7, 11) is 0. The molecular formula is C16H24ClNS. The van der Waals surface area contributed by atoms with E-state index in [0.717, 1.165) is 16.7 Å². The van der Waals surface area contributed by atoms with Crippen molar-refractivity contribution in [1.29, 1.82) is 0 Å². The summed E-state index contributed by atoms with van der Waals surface area (Å²) in [5.41, 5.74) is 1.32. The molecule has 0 aromatic heterocycles. The predicted molar refractivity (Wildman–Crippen MR) is 87.2 cm³/mol. The lowest BCUT2D eigenvalue weighted by molar-refractivity contribution is 0.339. The van der Waals surface area contributed by atoms with Crippen molar-refractivity contribution >= 4 is 23.4 Å².